The van der Waals surface area contributed by atoms with Crippen molar-refractivity contribution < 1.29 is 9.53 Å². The molecule has 2 aromatic carbocycles. The summed E-state index contributed by atoms with van der Waals surface area (Å²) in [6.45, 7) is 9.14. The van der Waals surface area contributed by atoms with E-state index < -0.39 is 0 Å². The fourth-order valence-electron chi connectivity index (χ4n) is 3.86. The Kier molecular flexibility index (Phi) is 7.49. The van der Waals surface area contributed by atoms with Crippen LogP contribution in [0.3, 0.4) is 0 Å². The molecule has 4 nitrogen and oxygen atoms in total. The molecule has 0 unspecified atom stereocenters. The Morgan fingerprint density at radius 1 is 1.00 bits per heavy atom. The number of piperidine rings is 1. The van der Waals surface area contributed by atoms with Crippen molar-refractivity contribution in [3.05, 3.63) is 65.7 Å². The van der Waals surface area contributed by atoms with Crippen molar-refractivity contribution in [3.8, 4) is 5.75 Å². The Balaban J connectivity index is 1.49. The van der Waals surface area contributed by atoms with E-state index in [0.29, 0.717) is 19.1 Å². The van der Waals surface area contributed by atoms with Gasteiger partial charge in [0.1, 0.15) is 5.75 Å². The van der Waals surface area contributed by atoms with Gasteiger partial charge in [-0.25, -0.2) is 0 Å². The molecular formula is C24H32N2O2. The molecule has 150 valence electrons. The Morgan fingerprint density at radius 2 is 1.68 bits per heavy atom. The van der Waals surface area contributed by atoms with Gasteiger partial charge in [0.2, 0.25) is 5.91 Å². The molecule has 1 saturated heterocycles. The molecule has 3 rings (SSSR count). The standard InChI is InChI=1S/C24H32N2O2/c1-3-26(19-20-8-6-5-7-9-20)24(27)22-14-16-25(17-15-22)18-21-10-12-23(13-11-21)28-4-2/h5-13,22H,3-4,14-19H2,1-2H3. The second kappa shape index (κ2) is 10.3. The summed E-state index contributed by atoms with van der Waals surface area (Å²) in [6.07, 6.45) is 1.89. The number of hydrogen-bond acceptors (Lipinski definition) is 3. The van der Waals surface area contributed by atoms with Crippen LogP contribution in [0.1, 0.15) is 37.8 Å². The smallest absolute Gasteiger partial charge is 0.226 e. The molecule has 0 atom stereocenters. The van der Waals surface area contributed by atoms with Gasteiger partial charge in [-0.2, -0.15) is 0 Å². The zero-order chi connectivity index (χ0) is 19.8. The first-order valence-corrected chi connectivity index (χ1v) is 10.5. The summed E-state index contributed by atoms with van der Waals surface area (Å²) in [6, 6.07) is 18.6. The quantitative estimate of drug-likeness (QED) is 0.683. The molecule has 28 heavy (non-hydrogen) atoms. The Bertz CT molecular complexity index is 722. The van der Waals surface area contributed by atoms with Gasteiger partial charge in [0, 0.05) is 25.6 Å². The van der Waals surface area contributed by atoms with Gasteiger partial charge < -0.3 is 9.64 Å². The molecule has 1 heterocycles. The number of carbonyl (C=O) groups excluding carboxylic acids is 1. The van der Waals surface area contributed by atoms with Gasteiger partial charge >= 0.3 is 0 Å². The maximum Gasteiger partial charge on any atom is 0.226 e. The third-order valence-corrected chi connectivity index (χ3v) is 5.49. The van der Waals surface area contributed by atoms with Crippen LogP contribution in [0.2, 0.25) is 0 Å². The highest BCUT2D eigenvalue weighted by Gasteiger charge is 2.28. The summed E-state index contributed by atoms with van der Waals surface area (Å²) in [7, 11) is 0. The van der Waals surface area contributed by atoms with E-state index in [-0.39, 0.29) is 5.92 Å². The summed E-state index contributed by atoms with van der Waals surface area (Å²) in [5, 5.41) is 0. The van der Waals surface area contributed by atoms with Crippen LogP contribution in [-0.2, 0) is 17.9 Å². The van der Waals surface area contributed by atoms with Gasteiger partial charge in [-0.3, -0.25) is 9.69 Å². The summed E-state index contributed by atoms with van der Waals surface area (Å²) in [5.74, 6) is 1.39. The van der Waals surface area contributed by atoms with Crippen LogP contribution in [-0.4, -0.2) is 41.9 Å². The Morgan fingerprint density at radius 3 is 2.29 bits per heavy atom. The zero-order valence-corrected chi connectivity index (χ0v) is 17.1. The van der Waals surface area contributed by atoms with E-state index in [4.69, 9.17) is 4.74 Å². The monoisotopic (exact) mass is 380 g/mol. The van der Waals surface area contributed by atoms with Gasteiger partial charge in [-0.1, -0.05) is 42.5 Å². The van der Waals surface area contributed by atoms with Gasteiger partial charge in [-0.15, -0.1) is 0 Å². The molecule has 2 aromatic rings. The van der Waals surface area contributed by atoms with Crippen LogP contribution in [0.4, 0.5) is 0 Å². The van der Waals surface area contributed by atoms with Crippen LogP contribution >= 0.6 is 0 Å². The molecular weight excluding hydrogens is 348 g/mol. The van der Waals surface area contributed by atoms with Crippen molar-refractivity contribution in [1.82, 2.24) is 9.80 Å². The first-order chi connectivity index (χ1) is 13.7. The highest BCUT2D eigenvalue weighted by molar-refractivity contribution is 5.79. The molecule has 1 amide bonds. The van der Waals surface area contributed by atoms with Crippen molar-refractivity contribution in [2.24, 2.45) is 5.92 Å². The first kappa shape index (κ1) is 20.4. The highest BCUT2D eigenvalue weighted by Crippen LogP contribution is 2.23. The number of ether oxygens (including phenoxy) is 1. The molecule has 0 N–H and O–H groups in total. The predicted octanol–water partition coefficient (Wildman–Crippen LogP) is 4.35. The lowest BCUT2D eigenvalue weighted by Gasteiger charge is -2.34. The highest BCUT2D eigenvalue weighted by atomic mass is 16.5. The minimum atomic E-state index is 0.153. The van der Waals surface area contributed by atoms with E-state index in [9.17, 15) is 4.79 Å². The molecule has 0 spiro atoms. The lowest BCUT2D eigenvalue weighted by molar-refractivity contribution is -0.137. The largest absolute Gasteiger partial charge is 0.494 e. The van der Waals surface area contributed by atoms with E-state index in [1.165, 1.54) is 11.1 Å². The van der Waals surface area contributed by atoms with Crippen LogP contribution < -0.4 is 4.74 Å². The van der Waals surface area contributed by atoms with E-state index in [0.717, 1.165) is 44.8 Å². The van der Waals surface area contributed by atoms with Crippen molar-refractivity contribution in [2.75, 3.05) is 26.2 Å². The van der Waals surface area contributed by atoms with Crippen molar-refractivity contribution in [3.63, 3.8) is 0 Å². The van der Waals surface area contributed by atoms with Crippen molar-refractivity contribution in [2.45, 2.75) is 39.8 Å². The molecule has 4 heteroatoms. The maximum atomic E-state index is 13.0. The second-order valence-corrected chi connectivity index (χ2v) is 7.47. The fourth-order valence-corrected chi connectivity index (χ4v) is 3.86. The molecule has 1 fully saturated rings. The summed E-state index contributed by atoms with van der Waals surface area (Å²) in [4.78, 5) is 17.4. The molecule has 0 aromatic heterocycles. The van der Waals surface area contributed by atoms with Crippen LogP contribution in [0.15, 0.2) is 54.6 Å². The fraction of sp³-hybridized carbons (Fsp3) is 0.458. The molecule has 0 bridgehead atoms. The second-order valence-electron chi connectivity index (χ2n) is 7.47. The average molecular weight is 381 g/mol. The first-order valence-electron chi connectivity index (χ1n) is 10.5. The van der Waals surface area contributed by atoms with E-state index >= 15 is 0 Å². The van der Waals surface area contributed by atoms with Crippen LogP contribution in [0.5, 0.6) is 5.75 Å². The molecule has 0 radical (unpaired) electrons. The number of nitrogens with zero attached hydrogens (tertiary/aromatic N) is 2. The van der Waals surface area contributed by atoms with Crippen LogP contribution in [0.25, 0.3) is 0 Å². The summed E-state index contributed by atoms with van der Waals surface area (Å²) < 4.78 is 5.51. The third-order valence-electron chi connectivity index (χ3n) is 5.49. The van der Waals surface area contributed by atoms with Crippen LogP contribution in [0, 0.1) is 5.92 Å². The molecule has 1 aliphatic heterocycles. The third kappa shape index (κ3) is 5.59. The predicted molar refractivity (Wildman–Crippen MR) is 113 cm³/mol. The number of likely N-dealkylation sites (tertiary alicyclic amines) is 1. The SMILES string of the molecule is CCOc1ccc(CN2CCC(C(=O)N(CC)Cc3ccccc3)CC2)cc1. The van der Waals surface area contributed by atoms with Gasteiger partial charge in [0.15, 0.2) is 0 Å². The lowest BCUT2D eigenvalue weighted by atomic mass is 9.94. The van der Waals surface area contributed by atoms with E-state index in [1.54, 1.807) is 0 Å². The summed E-state index contributed by atoms with van der Waals surface area (Å²) in [5.41, 5.74) is 2.50. The lowest BCUT2D eigenvalue weighted by Crippen LogP contribution is -2.42. The number of benzene rings is 2. The minimum absolute atomic E-state index is 0.153. The summed E-state index contributed by atoms with van der Waals surface area (Å²) >= 11 is 0. The number of amides is 1. The normalized spacial score (nSPS) is 15.4. The number of carbonyl (C=O) groups is 1. The van der Waals surface area contributed by atoms with Gasteiger partial charge in [-0.05, 0) is 63.0 Å². The Labute approximate surface area is 169 Å². The van der Waals surface area contributed by atoms with E-state index in [2.05, 4.69) is 36.1 Å². The Hall–Kier alpha value is -2.33. The van der Waals surface area contributed by atoms with Crippen molar-refractivity contribution in [1.29, 1.82) is 0 Å². The number of rotatable bonds is 8. The van der Waals surface area contributed by atoms with Gasteiger partial charge in [0.25, 0.3) is 0 Å². The number of hydrogen-bond donors (Lipinski definition) is 0. The average Bonchev–Trinajstić information content (AvgIpc) is 2.74. The topological polar surface area (TPSA) is 32.8 Å². The minimum Gasteiger partial charge on any atom is -0.494 e. The maximum absolute atomic E-state index is 13.0. The zero-order valence-electron chi connectivity index (χ0n) is 17.1. The molecule has 1 aliphatic rings. The van der Waals surface area contributed by atoms with E-state index in [1.807, 2.05) is 42.2 Å². The molecule has 0 aliphatic carbocycles. The van der Waals surface area contributed by atoms with Crippen molar-refractivity contribution >= 4 is 5.91 Å². The molecule has 0 saturated carbocycles. The van der Waals surface area contributed by atoms with Gasteiger partial charge in [0.05, 0.1) is 6.61 Å².